The SMILES string of the molecule is N#Cc1ccc(C(=O)NCC2CCN(Cc3cccnc3)CC2)cc1. The van der Waals surface area contributed by atoms with Crippen LogP contribution in [0.2, 0.25) is 0 Å². The molecule has 1 aliphatic rings. The molecule has 0 unspecified atom stereocenters. The summed E-state index contributed by atoms with van der Waals surface area (Å²) in [5.74, 6) is 0.453. The van der Waals surface area contributed by atoms with Gasteiger partial charge in [-0.1, -0.05) is 6.07 Å². The summed E-state index contributed by atoms with van der Waals surface area (Å²) < 4.78 is 0. The minimum Gasteiger partial charge on any atom is -0.352 e. The van der Waals surface area contributed by atoms with Crippen LogP contribution < -0.4 is 5.32 Å². The fourth-order valence-corrected chi connectivity index (χ4v) is 3.13. The van der Waals surface area contributed by atoms with E-state index in [4.69, 9.17) is 5.26 Å². The van der Waals surface area contributed by atoms with Crippen molar-refractivity contribution in [3.05, 3.63) is 65.5 Å². The van der Waals surface area contributed by atoms with Crippen molar-refractivity contribution in [3.8, 4) is 6.07 Å². The molecule has 0 radical (unpaired) electrons. The van der Waals surface area contributed by atoms with Gasteiger partial charge >= 0.3 is 0 Å². The van der Waals surface area contributed by atoms with E-state index < -0.39 is 0 Å². The average molecular weight is 334 g/mol. The van der Waals surface area contributed by atoms with Crippen molar-refractivity contribution in [2.75, 3.05) is 19.6 Å². The molecule has 1 aromatic carbocycles. The van der Waals surface area contributed by atoms with Gasteiger partial charge in [0.05, 0.1) is 11.6 Å². The number of piperidine rings is 1. The molecule has 3 rings (SSSR count). The highest BCUT2D eigenvalue weighted by Crippen LogP contribution is 2.18. The largest absolute Gasteiger partial charge is 0.352 e. The summed E-state index contributed by atoms with van der Waals surface area (Å²) in [6.45, 7) is 3.75. The Balaban J connectivity index is 1.41. The number of hydrogen-bond donors (Lipinski definition) is 1. The lowest BCUT2D eigenvalue weighted by Gasteiger charge is -2.32. The van der Waals surface area contributed by atoms with Gasteiger partial charge in [0.25, 0.3) is 5.91 Å². The number of benzene rings is 1. The molecular weight excluding hydrogens is 312 g/mol. The molecule has 0 spiro atoms. The van der Waals surface area contributed by atoms with E-state index in [1.165, 1.54) is 5.56 Å². The highest BCUT2D eigenvalue weighted by atomic mass is 16.1. The first-order valence-electron chi connectivity index (χ1n) is 8.64. The van der Waals surface area contributed by atoms with Gasteiger partial charge in [-0.3, -0.25) is 14.7 Å². The van der Waals surface area contributed by atoms with E-state index in [9.17, 15) is 4.79 Å². The maximum atomic E-state index is 12.2. The van der Waals surface area contributed by atoms with E-state index >= 15 is 0 Å². The zero-order valence-electron chi connectivity index (χ0n) is 14.2. The first-order valence-corrected chi connectivity index (χ1v) is 8.64. The second-order valence-corrected chi connectivity index (χ2v) is 6.48. The molecule has 1 aromatic heterocycles. The van der Waals surface area contributed by atoms with Crippen LogP contribution in [0, 0.1) is 17.2 Å². The maximum Gasteiger partial charge on any atom is 0.251 e. The lowest BCUT2D eigenvalue weighted by molar-refractivity contribution is 0.0935. The Labute approximate surface area is 148 Å². The van der Waals surface area contributed by atoms with Crippen LogP contribution in [0.4, 0.5) is 0 Å². The molecule has 5 nitrogen and oxygen atoms in total. The molecule has 1 N–H and O–H groups in total. The Morgan fingerprint density at radius 3 is 2.64 bits per heavy atom. The van der Waals surface area contributed by atoms with Crippen molar-refractivity contribution >= 4 is 5.91 Å². The second-order valence-electron chi connectivity index (χ2n) is 6.48. The van der Waals surface area contributed by atoms with E-state index in [2.05, 4.69) is 27.3 Å². The molecule has 0 atom stereocenters. The smallest absolute Gasteiger partial charge is 0.251 e. The Bertz CT molecular complexity index is 729. The Hall–Kier alpha value is -2.71. The van der Waals surface area contributed by atoms with Gasteiger partial charge in [0.15, 0.2) is 0 Å². The number of carbonyl (C=O) groups excluding carboxylic acids is 1. The lowest BCUT2D eigenvalue weighted by Crippen LogP contribution is -2.38. The number of hydrogen-bond acceptors (Lipinski definition) is 4. The summed E-state index contributed by atoms with van der Waals surface area (Å²) in [5.41, 5.74) is 2.42. The summed E-state index contributed by atoms with van der Waals surface area (Å²) >= 11 is 0. The Kier molecular flexibility index (Phi) is 5.76. The van der Waals surface area contributed by atoms with Gasteiger partial charge in [0.1, 0.15) is 0 Å². The highest BCUT2D eigenvalue weighted by molar-refractivity contribution is 5.94. The average Bonchev–Trinajstić information content (AvgIpc) is 2.68. The van der Waals surface area contributed by atoms with Crippen LogP contribution in [0.5, 0.6) is 0 Å². The molecule has 2 aromatic rings. The summed E-state index contributed by atoms with van der Waals surface area (Å²) in [4.78, 5) is 18.8. The topological polar surface area (TPSA) is 69.0 Å². The number of aromatic nitrogens is 1. The van der Waals surface area contributed by atoms with Gasteiger partial charge in [-0.2, -0.15) is 5.26 Å². The van der Waals surface area contributed by atoms with Crippen LogP contribution in [0.15, 0.2) is 48.8 Å². The molecule has 128 valence electrons. The third kappa shape index (κ3) is 4.88. The van der Waals surface area contributed by atoms with Gasteiger partial charge < -0.3 is 5.32 Å². The number of carbonyl (C=O) groups is 1. The number of nitrogens with zero attached hydrogens (tertiary/aromatic N) is 3. The molecule has 25 heavy (non-hydrogen) atoms. The van der Waals surface area contributed by atoms with Gasteiger partial charge in [0, 0.05) is 31.0 Å². The fourth-order valence-electron chi connectivity index (χ4n) is 3.13. The summed E-state index contributed by atoms with van der Waals surface area (Å²) in [6.07, 6.45) is 5.90. The van der Waals surface area contributed by atoms with Crippen LogP contribution in [0.3, 0.4) is 0 Å². The molecule has 2 heterocycles. The molecule has 1 amide bonds. The lowest BCUT2D eigenvalue weighted by atomic mass is 9.96. The number of rotatable bonds is 5. The zero-order valence-corrected chi connectivity index (χ0v) is 14.2. The number of pyridine rings is 1. The van der Waals surface area contributed by atoms with E-state index in [0.717, 1.165) is 32.5 Å². The van der Waals surface area contributed by atoms with Crippen molar-refractivity contribution in [1.82, 2.24) is 15.2 Å². The van der Waals surface area contributed by atoms with Crippen molar-refractivity contribution in [2.24, 2.45) is 5.92 Å². The van der Waals surface area contributed by atoms with Gasteiger partial charge in [-0.25, -0.2) is 0 Å². The highest BCUT2D eigenvalue weighted by Gasteiger charge is 2.20. The zero-order chi connectivity index (χ0) is 17.5. The number of likely N-dealkylation sites (tertiary alicyclic amines) is 1. The molecule has 1 aliphatic heterocycles. The van der Waals surface area contributed by atoms with E-state index in [1.54, 1.807) is 30.5 Å². The minimum atomic E-state index is -0.0673. The van der Waals surface area contributed by atoms with Crippen LogP contribution in [-0.2, 0) is 6.54 Å². The first-order chi connectivity index (χ1) is 12.2. The fraction of sp³-hybridized carbons (Fsp3) is 0.350. The van der Waals surface area contributed by atoms with Crippen molar-refractivity contribution in [3.63, 3.8) is 0 Å². The maximum absolute atomic E-state index is 12.2. The normalized spacial score (nSPS) is 15.5. The molecule has 1 saturated heterocycles. The monoisotopic (exact) mass is 334 g/mol. The van der Waals surface area contributed by atoms with Crippen molar-refractivity contribution in [2.45, 2.75) is 19.4 Å². The number of nitriles is 1. The third-order valence-corrected chi connectivity index (χ3v) is 4.66. The Morgan fingerprint density at radius 1 is 1.24 bits per heavy atom. The van der Waals surface area contributed by atoms with Gasteiger partial charge in [0.2, 0.25) is 0 Å². The number of amides is 1. The minimum absolute atomic E-state index is 0.0673. The quantitative estimate of drug-likeness (QED) is 0.912. The predicted octanol–water partition coefficient (Wildman–Crippen LogP) is 2.60. The van der Waals surface area contributed by atoms with Crippen LogP contribution >= 0.6 is 0 Å². The van der Waals surface area contributed by atoms with E-state index in [1.807, 2.05) is 12.3 Å². The molecule has 0 aliphatic carbocycles. The first kappa shape index (κ1) is 17.1. The van der Waals surface area contributed by atoms with E-state index in [0.29, 0.717) is 23.6 Å². The van der Waals surface area contributed by atoms with Gasteiger partial charge in [-0.05, 0) is 67.7 Å². The molecule has 0 saturated carbocycles. The van der Waals surface area contributed by atoms with Crippen LogP contribution in [-0.4, -0.2) is 35.4 Å². The number of nitrogens with one attached hydrogen (secondary N) is 1. The van der Waals surface area contributed by atoms with Crippen molar-refractivity contribution in [1.29, 1.82) is 5.26 Å². The standard InChI is InChI=1S/C20H22N4O/c21-12-16-3-5-19(6-4-16)20(25)23-14-17-7-10-24(11-8-17)15-18-2-1-9-22-13-18/h1-6,9,13,17H,7-8,10-11,14-15H2,(H,23,25). The Morgan fingerprint density at radius 2 is 2.00 bits per heavy atom. The molecule has 5 heteroatoms. The van der Waals surface area contributed by atoms with Crippen LogP contribution in [0.25, 0.3) is 0 Å². The summed E-state index contributed by atoms with van der Waals surface area (Å²) in [6, 6.07) is 12.9. The third-order valence-electron chi connectivity index (χ3n) is 4.66. The molecular formula is C20H22N4O. The summed E-state index contributed by atoms with van der Waals surface area (Å²) in [5, 5.41) is 11.8. The van der Waals surface area contributed by atoms with Gasteiger partial charge in [-0.15, -0.1) is 0 Å². The second kappa shape index (κ2) is 8.41. The van der Waals surface area contributed by atoms with Crippen molar-refractivity contribution < 1.29 is 4.79 Å². The summed E-state index contributed by atoms with van der Waals surface area (Å²) in [7, 11) is 0. The molecule has 1 fully saturated rings. The predicted molar refractivity (Wildman–Crippen MR) is 95.7 cm³/mol. The van der Waals surface area contributed by atoms with Crippen LogP contribution in [0.1, 0.15) is 34.3 Å². The molecule has 0 bridgehead atoms. The van der Waals surface area contributed by atoms with E-state index in [-0.39, 0.29) is 5.91 Å².